The van der Waals surface area contributed by atoms with E-state index in [2.05, 4.69) is 10.6 Å². The SMILES string of the molecule is Cc1cccc(C)c1NCC(=O)N1CC(=O)Nc2ccccc21. The van der Waals surface area contributed by atoms with Gasteiger partial charge in [0.15, 0.2) is 0 Å². The first kappa shape index (κ1) is 15.1. The van der Waals surface area contributed by atoms with E-state index < -0.39 is 0 Å². The molecule has 0 saturated carbocycles. The molecule has 2 aromatic rings. The molecule has 5 heteroatoms. The molecule has 118 valence electrons. The van der Waals surface area contributed by atoms with E-state index in [4.69, 9.17) is 0 Å². The number of nitrogens with one attached hydrogen (secondary N) is 2. The molecular weight excluding hydrogens is 290 g/mol. The predicted molar refractivity (Wildman–Crippen MR) is 91.8 cm³/mol. The van der Waals surface area contributed by atoms with Gasteiger partial charge in [-0.3, -0.25) is 14.5 Å². The second-order valence-electron chi connectivity index (χ2n) is 5.67. The van der Waals surface area contributed by atoms with Crippen molar-refractivity contribution in [3.8, 4) is 0 Å². The fourth-order valence-corrected chi connectivity index (χ4v) is 2.81. The molecule has 2 N–H and O–H groups in total. The van der Waals surface area contributed by atoms with Crippen LogP contribution in [0.5, 0.6) is 0 Å². The van der Waals surface area contributed by atoms with E-state index in [-0.39, 0.29) is 24.9 Å². The van der Waals surface area contributed by atoms with Gasteiger partial charge in [-0.2, -0.15) is 0 Å². The lowest BCUT2D eigenvalue weighted by Crippen LogP contribution is -2.44. The summed E-state index contributed by atoms with van der Waals surface area (Å²) in [5.74, 6) is -0.306. The van der Waals surface area contributed by atoms with Gasteiger partial charge in [0, 0.05) is 5.69 Å². The Hall–Kier alpha value is -2.82. The van der Waals surface area contributed by atoms with Crippen molar-refractivity contribution in [3.63, 3.8) is 0 Å². The average molecular weight is 309 g/mol. The monoisotopic (exact) mass is 309 g/mol. The van der Waals surface area contributed by atoms with Crippen molar-refractivity contribution in [3.05, 3.63) is 53.6 Å². The van der Waals surface area contributed by atoms with E-state index >= 15 is 0 Å². The maximum Gasteiger partial charge on any atom is 0.246 e. The van der Waals surface area contributed by atoms with Gasteiger partial charge in [-0.05, 0) is 37.1 Å². The lowest BCUT2D eigenvalue weighted by atomic mass is 10.1. The summed E-state index contributed by atoms with van der Waals surface area (Å²) in [6, 6.07) is 13.3. The van der Waals surface area contributed by atoms with Gasteiger partial charge in [-0.15, -0.1) is 0 Å². The number of carbonyl (C=O) groups excluding carboxylic acids is 2. The summed E-state index contributed by atoms with van der Waals surface area (Å²) < 4.78 is 0. The van der Waals surface area contributed by atoms with Crippen molar-refractivity contribution >= 4 is 28.9 Å². The smallest absolute Gasteiger partial charge is 0.246 e. The van der Waals surface area contributed by atoms with Gasteiger partial charge < -0.3 is 10.6 Å². The van der Waals surface area contributed by atoms with Crippen LogP contribution in [0.2, 0.25) is 0 Å². The van der Waals surface area contributed by atoms with E-state index in [1.165, 1.54) is 4.90 Å². The molecule has 0 fully saturated rings. The van der Waals surface area contributed by atoms with Crippen LogP contribution in [0.3, 0.4) is 0 Å². The van der Waals surface area contributed by atoms with Gasteiger partial charge >= 0.3 is 0 Å². The highest BCUT2D eigenvalue weighted by Crippen LogP contribution is 2.29. The largest absolute Gasteiger partial charge is 0.376 e. The van der Waals surface area contributed by atoms with Crippen molar-refractivity contribution in [2.24, 2.45) is 0 Å². The molecule has 2 amide bonds. The minimum absolute atomic E-state index is 0.0459. The molecule has 23 heavy (non-hydrogen) atoms. The molecule has 0 bridgehead atoms. The predicted octanol–water partition coefficient (Wildman–Crippen LogP) is 2.70. The van der Waals surface area contributed by atoms with Crippen molar-refractivity contribution < 1.29 is 9.59 Å². The Morgan fingerprint density at radius 1 is 1.13 bits per heavy atom. The summed E-state index contributed by atoms with van der Waals surface area (Å²) in [7, 11) is 0. The van der Waals surface area contributed by atoms with Gasteiger partial charge in [0.25, 0.3) is 0 Å². The maximum absolute atomic E-state index is 12.6. The van der Waals surface area contributed by atoms with Gasteiger partial charge in [0.1, 0.15) is 6.54 Å². The van der Waals surface area contributed by atoms with Crippen molar-refractivity contribution in [1.82, 2.24) is 0 Å². The maximum atomic E-state index is 12.6. The number of rotatable bonds is 3. The number of hydrogen-bond donors (Lipinski definition) is 2. The van der Waals surface area contributed by atoms with Gasteiger partial charge in [0.2, 0.25) is 11.8 Å². The van der Waals surface area contributed by atoms with Crippen LogP contribution in [0.25, 0.3) is 0 Å². The molecule has 5 nitrogen and oxygen atoms in total. The van der Waals surface area contributed by atoms with Crippen LogP contribution in [0.4, 0.5) is 17.1 Å². The van der Waals surface area contributed by atoms with E-state index in [1.807, 2.05) is 50.2 Å². The van der Waals surface area contributed by atoms with Crippen LogP contribution in [0, 0.1) is 13.8 Å². The Morgan fingerprint density at radius 3 is 2.57 bits per heavy atom. The zero-order valence-corrected chi connectivity index (χ0v) is 13.2. The van der Waals surface area contributed by atoms with Crippen LogP contribution >= 0.6 is 0 Å². The Morgan fingerprint density at radius 2 is 1.83 bits per heavy atom. The minimum atomic E-state index is -0.177. The third-order valence-corrected chi connectivity index (χ3v) is 3.97. The molecule has 0 radical (unpaired) electrons. The first-order valence-corrected chi connectivity index (χ1v) is 7.55. The number of hydrogen-bond acceptors (Lipinski definition) is 3. The zero-order valence-electron chi connectivity index (χ0n) is 13.2. The summed E-state index contributed by atoms with van der Waals surface area (Å²) in [4.78, 5) is 25.9. The molecule has 1 heterocycles. The first-order chi connectivity index (χ1) is 11.1. The number of aryl methyl sites for hydroxylation is 2. The number of carbonyl (C=O) groups is 2. The second kappa shape index (κ2) is 6.12. The summed E-state index contributed by atoms with van der Waals surface area (Å²) in [5, 5.41) is 5.98. The Balaban J connectivity index is 1.78. The van der Waals surface area contributed by atoms with E-state index in [0.717, 1.165) is 22.5 Å². The fraction of sp³-hybridized carbons (Fsp3) is 0.222. The van der Waals surface area contributed by atoms with Crippen LogP contribution in [0.15, 0.2) is 42.5 Å². The van der Waals surface area contributed by atoms with E-state index in [0.29, 0.717) is 5.69 Å². The quantitative estimate of drug-likeness (QED) is 0.916. The molecule has 0 spiro atoms. The molecule has 0 atom stereocenters. The van der Waals surface area contributed by atoms with Crippen LogP contribution in [-0.2, 0) is 9.59 Å². The number of amides is 2. The third-order valence-electron chi connectivity index (χ3n) is 3.97. The topological polar surface area (TPSA) is 61.4 Å². The van der Waals surface area contributed by atoms with Crippen LogP contribution in [-0.4, -0.2) is 24.9 Å². The average Bonchev–Trinajstić information content (AvgIpc) is 2.53. The molecule has 1 aliphatic rings. The molecule has 2 aromatic carbocycles. The minimum Gasteiger partial charge on any atom is -0.376 e. The highest BCUT2D eigenvalue weighted by Gasteiger charge is 2.26. The normalized spacial score (nSPS) is 13.3. The highest BCUT2D eigenvalue weighted by atomic mass is 16.2. The number of para-hydroxylation sites is 3. The zero-order chi connectivity index (χ0) is 16.4. The van der Waals surface area contributed by atoms with Gasteiger partial charge in [-0.25, -0.2) is 0 Å². The summed E-state index contributed by atoms with van der Waals surface area (Å²) in [6.07, 6.45) is 0. The number of benzene rings is 2. The van der Waals surface area contributed by atoms with Crippen molar-refractivity contribution in [2.75, 3.05) is 28.6 Å². The number of anilines is 3. The fourth-order valence-electron chi connectivity index (χ4n) is 2.81. The third kappa shape index (κ3) is 3.04. The molecule has 0 saturated heterocycles. The van der Waals surface area contributed by atoms with Gasteiger partial charge in [-0.1, -0.05) is 30.3 Å². The molecule has 1 aliphatic heterocycles. The lowest BCUT2D eigenvalue weighted by molar-refractivity contribution is -0.120. The lowest BCUT2D eigenvalue weighted by Gasteiger charge is -2.29. The second-order valence-corrected chi connectivity index (χ2v) is 5.67. The molecule has 0 aromatic heterocycles. The van der Waals surface area contributed by atoms with Crippen molar-refractivity contribution in [2.45, 2.75) is 13.8 Å². The Bertz CT molecular complexity index is 750. The number of nitrogens with zero attached hydrogens (tertiary/aromatic N) is 1. The van der Waals surface area contributed by atoms with E-state index in [1.54, 1.807) is 6.07 Å². The molecular formula is C18H19N3O2. The van der Waals surface area contributed by atoms with E-state index in [9.17, 15) is 9.59 Å². The van der Waals surface area contributed by atoms with Crippen molar-refractivity contribution in [1.29, 1.82) is 0 Å². The molecule has 3 rings (SSSR count). The molecule has 0 aliphatic carbocycles. The Kier molecular flexibility index (Phi) is 4.02. The molecule has 0 unspecified atom stereocenters. The summed E-state index contributed by atoms with van der Waals surface area (Å²) in [6.45, 7) is 4.20. The van der Waals surface area contributed by atoms with Crippen LogP contribution in [0.1, 0.15) is 11.1 Å². The standard InChI is InChI=1S/C18H19N3O2/c1-12-6-5-7-13(2)18(12)19-10-17(23)21-11-16(22)20-14-8-3-4-9-15(14)21/h3-9,19H,10-11H2,1-2H3,(H,20,22). The van der Waals surface area contributed by atoms with Gasteiger partial charge in [0.05, 0.1) is 17.9 Å². The summed E-state index contributed by atoms with van der Waals surface area (Å²) in [5.41, 5.74) is 4.56. The highest BCUT2D eigenvalue weighted by molar-refractivity contribution is 6.10. The Labute approximate surface area is 135 Å². The number of fused-ring (bicyclic) bond motifs is 1. The first-order valence-electron chi connectivity index (χ1n) is 7.55. The summed E-state index contributed by atoms with van der Waals surface area (Å²) >= 11 is 0. The van der Waals surface area contributed by atoms with Crippen LogP contribution < -0.4 is 15.5 Å².